The topological polar surface area (TPSA) is 178 Å². The lowest BCUT2D eigenvalue weighted by molar-refractivity contribution is -0.763. The predicted molar refractivity (Wildman–Crippen MR) is 160 cm³/mol. The molecular formula is C32H37F3N2O10. The fraction of sp³-hybridized carbons (Fsp3) is 0.438. The monoisotopic (exact) mass is 666 g/mol. The van der Waals surface area contributed by atoms with Crippen LogP contribution in [0.3, 0.4) is 0 Å². The van der Waals surface area contributed by atoms with E-state index in [1.807, 2.05) is 12.2 Å². The number of hydrogen-bond acceptors (Lipinski definition) is 10. The van der Waals surface area contributed by atoms with Crippen LogP contribution in [0.4, 0.5) is 13.2 Å². The van der Waals surface area contributed by atoms with Crippen molar-refractivity contribution in [2.45, 2.75) is 63.2 Å². The van der Waals surface area contributed by atoms with Crippen molar-refractivity contribution in [2.75, 3.05) is 13.2 Å². The highest BCUT2D eigenvalue weighted by molar-refractivity contribution is 5.82. The number of carbonyl (C=O) groups is 2. The molecule has 4 N–H and O–H groups in total. The van der Waals surface area contributed by atoms with Crippen LogP contribution in [-0.4, -0.2) is 63.7 Å². The fourth-order valence-corrected chi connectivity index (χ4v) is 4.97. The van der Waals surface area contributed by atoms with Crippen molar-refractivity contribution in [3.05, 3.63) is 94.1 Å². The average molecular weight is 667 g/mol. The third kappa shape index (κ3) is 13.0. The van der Waals surface area contributed by atoms with Crippen molar-refractivity contribution in [3.8, 4) is 11.5 Å². The minimum Gasteiger partial charge on any atom is -0.491 e. The molecule has 2 aromatic carbocycles. The van der Waals surface area contributed by atoms with Gasteiger partial charge < -0.3 is 34.9 Å². The van der Waals surface area contributed by atoms with Gasteiger partial charge in [-0.3, -0.25) is 4.79 Å². The Kier molecular flexibility index (Phi) is 14.2. The number of alkyl halides is 3. The van der Waals surface area contributed by atoms with Crippen molar-refractivity contribution in [1.82, 2.24) is 5.32 Å². The van der Waals surface area contributed by atoms with Crippen LogP contribution in [0.2, 0.25) is 0 Å². The Hall–Kier alpha value is -4.47. The molecule has 1 fully saturated rings. The number of ether oxygens (including phenoxy) is 2. The molecular weight excluding hydrogens is 629 g/mol. The Morgan fingerprint density at radius 3 is 2.57 bits per heavy atom. The zero-order valence-corrected chi connectivity index (χ0v) is 25.3. The molecule has 0 radical (unpaired) electrons. The summed E-state index contributed by atoms with van der Waals surface area (Å²) in [4.78, 5) is 38.7. The molecule has 0 aromatic heterocycles. The fourth-order valence-electron chi connectivity index (χ4n) is 4.97. The number of rotatable bonds is 17. The molecule has 0 saturated heterocycles. The van der Waals surface area contributed by atoms with Gasteiger partial charge in [0, 0.05) is 18.8 Å². The first-order valence-corrected chi connectivity index (χ1v) is 14.8. The standard InChI is InChI=1S/C32H37F3N2O10/c33-32(34,35)22-8-6-9-24(16-22)45-20-23(38)13-14-27-26(28(39)17-29(27)40)11-3-1-2-4-12-30(41)36-18-31(42)47-25-10-5-7-21(15-25)19-46-37(43)44/h1,3,5-10,13-16,23,26-29,38-40H,2,4,11-12,17-20H2,(H,36,41)/t23-,26-,27-,28+,29-/m1/s1. The van der Waals surface area contributed by atoms with E-state index in [1.165, 1.54) is 36.4 Å². The molecule has 15 heteroatoms. The first-order chi connectivity index (χ1) is 22.3. The summed E-state index contributed by atoms with van der Waals surface area (Å²) < 4.78 is 49.1. The van der Waals surface area contributed by atoms with Gasteiger partial charge in [0.05, 0.1) is 17.8 Å². The molecule has 0 bridgehead atoms. The van der Waals surface area contributed by atoms with Gasteiger partial charge in [0.1, 0.15) is 37.4 Å². The summed E-state index contributed by atoms with van der Waals surface area (Å²) in [6.45, 7) is -0.977. The number of allylic oxidation sites excluding steroid dienone is 2. The molecule has 0 spiro atoms. The van der Waals surface area contributed by atoms with Gasteiger partial charge in [0.25, 0.3) is 5.09 Å². The number of aliphatic hydroxyl groups excluding tert-OH is 3. The van der Waals surface area contributed by atoms with E-state index in [2.05, 4.69) is 10.2 Å². The smallest absolute Gasteiger partial charge is 0.416 e. The second kappa shape index (κ2) is 18.0. The maximum Gasteiger partial charge on any atom is 0.416 e. The van der Waals surface area contributed by atoms with Crippen molar-refractivity contribution in [1.29, 1.82) is 0 Å². The average Bonchev–Trinajstić information content (AvgIpc) is 3.29. The normalized spacial score (nSPS) is 20.3. The number of hydrogen-bond donors (Lipinski definition) is 4. The van der Waals surface area contributed by atoms with E-state index in [9.17, 15) is 48.2 Å². The summed E-state index contributed by atoms with van der Waals surface area (Å²) in [6, 6.07) is 10.3. The molecule has 5 atom stereocenters. The summed E-state index contributed by atoms with van der Waals surface area (Å²) >= 11 is 0. The number of aliphatic hydroxyl groups is 3. The third-order valence-electron chi connectivity index (χ3n) is 7.30. The lowest BCUT2D eigenvalue weighted by atomic mass is 9.89. The van der Waals surface area contributed by atoms with Crippen LogP contribution >= 0.6 is 0 Å². The highest BCUT2D eigenvalue weighted by atomic mass is 19.4. The maximum absolute atomic E-state index is 12.9. The number of esters is 1. The number of nitrogens with zero attached hydrogens (tertiary/aromatic N) is 1. The van der Waals surface area contributed by atoms with Gasteiger partial charge in [-0.05, 0) is 61.1 Å². The molecule has 0 heterocycles. The van der Waals surface area contributed by atoms with Gasteiger partial charge in [-0.2, -0.15) is 13.2 Å². The molecule has 47 heavy (non-hydrogen) atoms. The van der Waals surface area contributed by atoms with Gasteiger partial charge in [-0.15, -0.1) is 10.1 Å². The summed E-state index contributed by atoms with van der Waals surface area (Å²) in [6.07, 6.45) is 1.04. The Labute approximate surface area is 268 Å². The van der Waals surface area contributed by atoms with Crippen LogP contribution in [0.5, 0.6) is 11.5 Å². The van der Waals surface area contributed by atoms with Crippen LogP contribution in [0.15, 0.2) is 72.8 Å². The summed E-state index contributed by atoms with van der Waals surface area (Å²) in [5.74, 6) is -1.80. The Bertz CT molecular complexity index is 1400. The van der Waals surface area contributed by atoms with Gasteiger partial charge in [-0.1, -0.05) is 42.5 Å². The predicted octanol–water partition coefficient (Wildman–Crippen LogP) is 3.91. The Morgan fingerprint density at radius 1 is 1.09 bits per heavy atom. The second-order valence-corrected chi connectivity index (χ2v) is 10.9. The molecule has 0 aliphatic heterocycles. The van der Waals surface area contributed by atoms with Gasteiger partial charge in [0.2, 0.25) is 5.91 Å². The van der Waals surface area contributed by atoms with Crippen LogP contribution in [-0.2, 0) is 27.2 Å². The van der Waals surface area contributed by atoms with Crippen LogP contribution < -0.4 is 14.8 Å². The van der Waals surface area contributed by atoms with E-state index < -0.39 is 47.0 Å². The molecule has 1 aliphatic rings. The van der Waals surface area contributed by atoms with E-state index in [0.717, 1.165) is 12.1 Å². The number of amides is 1. The van der Waals surface area contributed by atoms with Gasteiger partial charge in [0.15, 0.2) is 0 Å². The first kappa shape index (κ1) is 37.0. The number of nitrogens with one attached hydrogen (secondary N) is 1. The Morgan fingerprint density at radius 2 is 1.83 bits per heavy atom. The lowest BCUT2D eigenvalue weighted by Gasteiger charge is -2.19. The molecule has 0 unspecified atom stereocenters. The highest BCUT2D eigenvalue weighted by Crippen LogP contribution is 2.36. The molecule has 2 aromatic rings. The molecule has 1 aliphatic carbocycles. The zero-order chi connectivity index (χ0) is 34.4. The molecule has 12 nitrogen and oxygen atoms in total. The number of halogens is 3. The first-order valence-electron chi connectivity index (χ1n) is 14.8. The number of carbonyl (C=O) groups excluding carboxylic acids is 2. The second-order valence-electron chi connectivity index (χ2n) is 10.9. The Balaban J connectivity index is 1.35. The summed E-state index contributed by atoms with van der Waals surface area (Å²) in [5.41, 5.74) is -0.444. The molecule has 3 rings (SSSR count). The third-order valence-corrected chi connectivity index (χ3v) is 7.30. The van der Waals surface area contributed by atoms with Crippen LogP contribution in [0.1, 0.15) is 43.2 Å². The lowest BCUT2D eigenvalue weighted by Crippen LogP contribution is -2.31. The minimum atomic E-state index is -4.52. The zero-order valence-electron chi connectivity index (χ0n) is 25.3. The maximum atomic E-state index is 12.9. The van der Waals surface area contributed by atoms with Crippen molar-refractivity contribution in [2.24, 2.45) is 11.8 Å². The number of benzene rings is 2. The largest absolute Gasteiger partial charge is 0.491 e. The van der Waals surface area contributed by atoms with Crippen LogP contribution in [0, 0.1) is 22.0 Å². The van der Waals surface area contributed by atoms with Crippen LogP contribution in [0.25, 0.3) is 0 Å². The van der Waals surface area contributed by atoms with E-state index in [1.54, 1.807) is 12.1 Å². The van der Waals surface area contributed by atoms with E-state index in [0.29, 0.717) is 24.8 Å². The van der Waals surface area contributed by atoms with E-state index >= 15 is 0 Å². The molecule has 1 amide bonds. The van der Waals surface area contributed by atoms with Crippen molar-refractivity contribution >= 4 is 11.9 Å². The molecule has 1 saturated carbocycles. The van der Waals surface area contributed by atoms with Gasteiger partial charge >= 0.3 is 12.1 Å². The summed E-state index contributed by atoms with van der Waals surface area (Å²) in [7, 11) is 0. The number of unbranched alkanes of at least 4 members (excludes halogenated alkanes) is 1. The quantitative estimate of drug-likeness (QED) is 0.0484. The molecule has 256 valence electrons. The van der Waals surface area contributed by atoms with Crippen molar-refractivity contribution < 1.29 is 57.5 Å². The minimum absolute atomic E-state index is 0.0466. The van der Waals surface area contributed by atoms with Gasteiger partial charge in [-0.25, -0.2) is 4.79 Å². The highest BCUT2D eigenvalue weighted by Gasteiger charge is 2.39. The van der Waals surface area contributed by atoms with E-state index in [-0.39, 0.29) is 55.9 Å². The van der Waals surface area contributed by atoms with Crippen molar-refractivity contribution in [3.63, 3.8) is 0 Å². The summed E-state index contributed by atoms with van der Waals surface area (Å²) in [5, 5.41) is 43.0. The van der Waals surface area contributed by atoms with E-state index in [4.69, 9.17) is 9.47 Å². The SMILES string of the molecule is O=C(CCCC=CC[C@@H]1[C@@H](C=C[C@@H](O)COc2cccc(C(F)(F)F)c2)[C@H](O)C[C@@H]1O)NCC(=O)Oc1cccc(CO[N+](=O)[O-])c1.